The average molecular weight is 592 g/mol. The van der Waals surface area contributed by atoms with Crippen LogP contribution in [0.15, 0.2) is 21.1 Å². The van der Waals surface area contributed by atoms with Gasteiger partial charge in [0.15, 0.2) is 0 Å². The van der Waals surface area contributed by atoms with Crippen LogP contribution in [-0.2, 0) is 43.1 Å². The summed E-state index contributed by atoms with van der Waals surface area (Å²) in [5.41, 5.74) is 5.28. The van der Waals surface area contributed by atoms with Gasteiger partial charge >= 0.3 is 11.9 Å². The minimum atomic E-state index is -0.885. The lowest BCUT2D eigenvalue weighted by molar-refractivity contribution is -0.150. The topological polar surface area (TPSA) is 199 Å². The fourth-order valence-corrected chi connectivity index (χ4v) is 3.38. The van der Waals surface area contributed by atoms with Crippen LogP contribution in [0, 0.1) is 0 Å². The zero-order valence-electron chi connectivity index (χ0n) is 16.6. The molecule has 0 bridgehead atoms. The molecule has 6 amide bonds. The number of amides is 6. The number of nitrogens with one attached hydrogen (secondary N) is 2. The summed E-state index contributed by atoms with van der Waals surface area (Å²) in [6.07, 6.45) is 3.35. The molecule has 0 radical (unpaired) electrons. The zero-order chi connectivity index (χ0) is 24.9. The van der Waals surface area contributed by atoms with Gasteiger partial charge in [-0.05, 0) is 44.7 Å². The molecular weight excluding hydrogens is 576 g/mol. The second-order valence-electron chi connectivity index (χ2n) is 6.73. The van der Waals surface area contributed by atoms with Gasteiger partial charge in [0, 0.05) is 25.0 Å². The van der Waals surface area contributed by atoms with Crippen molar-refractivity contribution < 1.29 is 43.1 Å². The van der Waals surface area contributed by atoms with E-state index in [0.29, 0.717) is 12.8 Å². The number of hydrogen-bond donors (Lipinski definition) is 3. The van der Waals surface area contributed by atoms with Gasteiger partial charge in [0.1, 0.15) is 10.5 Å². The molecule has 15 heteroatoms. The number of halogens is 2. The van der Waals surface area contributed by atoms with Crippen molar-refractivity contribution in [2.45, 2.75) is 37.8 Å². The van der Waals surface area contributed by atoms with Gasteiger partial charge in [0.05, 0.1) is 10.5 Å². The van der Waals surface area contributed by atoms with Gasteiger partial charge in [-0.3, -0.25) is 44.3 Å². The minimum absolute atomic E-state index is 0.127. The molecule has 4 aliphatic heterocycles. The van der Waals surface area contributed by atoms with Crippen molar-refractivity contribution in [3.63, 3.8) is 0 Å². The van der Waals surface area contributed by atoms with E-state index in [1.54, 1.807) is 0 Å². The van der Waals surface area contributed by atoms with Crippen molar-refractivity contribution >= 4 is 79.2 Å². The van der Waals surface area contributed by atoms with Crippen LogP contribution < -0.4 is 16.4 Å². The Morgan fingerprint density at radius 3 is 1.79 bits per heavy atom. The summed E-state index contributed by atoms with van der Waals surface area (Å²) in [4.78, 5) is 87.6. The Bertz CT molecular complexity index is 1020. The number of hydrogen-bond acceptors (Lipinski definition) is 10. The van der Waals surface area contributed by atoms with Crippen LogP contribution in [0.4, 0.5) is 0 Å². The molecular formula is C18H16Br2N4O9. The van der Waals surface area contributed by atoms with Crippen LogP contribution in [0.25, 0.3) is 0 Å². The number of rotatable bonds is 1. The number of imide groups is 3. The molecule has 0 spiro atoms. The Hall–Kier alpha value is -3.04. The summed E-state index contributed by atoms with van der Waals surface area (Å²) in [5, 5.41) is 4.23. The second kappa shape index (κ2) is 11.2. The zero-order valence-corrected chi connectivity index (χ0v) is 19.8. The standard InChI is InChI=1S/C9H7BrN2O4.C5H8N2O2.C4HBrO3/c10-4-3-7(14)12(9(4)16)5-1-2-6(13)11-8(5)15;6-3-1-2-4(8)7-5(3)9;5-2-1-3(6)8-4(2)7/h3,5H,1-2H2,(H,11,13,15);3H,1-2,6H2,(H,7,8,9);1H. The summed E-state index contributed by atoms with van der Waals surface area (Å²) in [7, 11) is 0. The fraction of sp³-hybridized carbons (Fsp3) is 0.333. The van der Waals surface area contributed by atoms with E-state index in [1.807, 2.05) is 0 Å². The van der Waals surface area contributed by atoms with Gasteiger partial charge in [-0.15, -0.1) is 0 Å². The maximum absolute atomic E-state index is 11.6. The minimum Gasteiger partial charge on any atom is -0.386 e. The molecule has 2 saturated heterocycles. The maximum Gasteiger partial charge on any atom is 0.353 e. The van der Waals surface area contributed by atoms with E-state index in [2.05, 4.69) is 47.2 Å². The van der Waals surface area contributed by atoms with E-state index in [0.717, 1.165) is 17.1 Å². The van der Waals surface area contributed by atoms with Crippen molar-refractivity contribution in [2.24, 2.45) is 5.73 Å². The normalized spacial score (nSPS) is 24.6. The third kappa shape index (κ3) is 6.97. The Morgan fingerprint density at radius 1 is 0.848 bits per heavy atom. The Balaban J connectivity index is 0.000000192. The molecule has 4 rings (SSSR count). The average Bonchev–Trinajstić information content (AvgIpc) is 3.15. The first-order chi connectivity index (χ1) is 15.4. The molecule has 0 aliphatic carbocycles. The third-order valence-electron chi connectivity index (χ3n) is 4.35. The number of nitrogens with zero attached hydrogens (tertiary/aromatic N) is 1. The highest BCUT2D eigenvalue weighted by Gasteiger charge is 2.41. The molecule has 0 aromatic rings. The van der Waals surface area contributed by atoms with Gasteiger partial charge in [0.2, 0.25) is 23.6 Å². The van der Waals surface area contributed by atoms with Crippen LogP contribution >= 0.6 is 31.9 Å². The number of esters is 2. The van der Waals surface area contributed by atoms with Crippen molar-refractivity contribution in [1.82, 2.24) is 15.5 Å². The van der Waals surface area contributed by atoms with E-state index in [9.17, 15) is 38.4 Å². The van der Waals surface area contributed by atoms with Crippen molar-refractivity contribution in [3.05, 3.63) is 21.1 Å². The number of cyclic esters (lactones) is 2. The van der Waals surface area contributed by atoms with Gasteiger partial charge in [-0.1, -0.05) is 0 Å². The predicted molar refractivity (Wildman–Crippen MR) is 114 cm³/mol. The SMILES string of the molecule is NC1CCC(=O)NC1=O.O=C1C=C(Br)C(=O)O1.O=C1CCC(N2C(=O)C=C(Br)C2=O)C(=O)N1. The van der Waals surface area contributed by atoms with Gasteiger partial charge in [-0.25, -0.2) is 9.59 Å². The lowest BCUT2D eigenvalue weighted by Gasteiger charge is -2.27. The third-order valence-corrected chi connectivity index (χ3v) is 5.47. The van der Waals surface area contributed by atoms with Crippen molar-refractivity contribution in [1.29, 1.82) is 0 Å². The number of carbonyl (C=O) groups excluding carboxylic acids is 8. The number of piperidine rings is 2. The highest BCUT2D eigenvalue weighted by Crippen LogP contribution is 2.23. The number of carbonyl (C=O) groups is 8. The summed E-state index contributed by atoms with van der Waals surface area (Å²) >= 11 is 5.74. The van der Waals surface area contributed by atoms with Crippen LogP contribution in [0.3, 0.4) is 0 Å². The lowest BCUT2D eigenvalue weighted by Crippen LogP contribution is -2.54. The summed E-state index contributed by atoms with van der Waals surface area (Å²) < 4.78 is 4.37. The van der Waals surface area contributed by atoms with Gasteiger partial charge in [0.25, 0.3) is 11.8 Å². The molecule has 2 atom stereocenters. The summed E-state index contributed by atoms with van der Waals surface area (Å²) in [5.74, 6) is -3.86. The molecule has 2 unspecified atom stereocenters. The predicted octanol–water partition coefficient (Wildman–Crippen LogP) is -1.46. The number of nitrogens with two attached hydrogens (primary N) is 1. The highest BCUT2D eigenvalue weighted by molar-refractivity contribution is 9.12. The lowest BCUT2D eigenvalue weighted by atomic mass is 10.0. The fourth-order valence-electron chi connectivity index (χ4n) is 2.72. The Morgan fingerprint density at radius 2 is 1.42 bits per heavy atom. The van der Waals surface area contributed by atoms with E-state index in [-0.39, 0.29) is 39.5 Å². The maximum atomic E-state index is 11.6. The molecule has 0 aromatic carbocycles. The molecule has 4 N–H and O–H groups in total. The van der Waals surface area contributed by atoms with Crippen LogP contribution in [0.1, 0.15) is 25.7 Å². The molecule has 4 heterocycles. The first-order valence-electron chi connectivity index (χ1n) is 9.21. The van der Waals surface area contributed by atoms with Gasteiger partial charge in [-0.2, -0.15) is 0 Å². The number of ether oxygens (including phenoxy) is 1. The van der Waals surface area contributed by atoms with E-state index >= 15 is 0 Å². The molecule has 13 nitrogen and oxygen atoms in total. The second-order valence-corrected chi connectivity index (χ2v) is 8.44. The first kappa shape index (κ1) is 26.2. The van der Waals surface area contributed by atoms with Crippen LogP contribution in [0.5, 0.6) is 0 Å². The van der Waals surface area contributed by atoms with Crippen molar-refractivity contribution in [2.75, 3.05) is 0 Å². The molecule has 176 valence electrons. The quantitative estimate of drug-likeness (QED) is 0.184. The molecule has 33 heavy (non-hydrogen) atoms. The van der Waals surface area contributed by atoms with Crippen LogP contribution in [-0.4, -0.2) is 64.4 Å². The smallest absolute Gasteiger partial charge is 0.353 e. The van der Waals surface area contributed by atoms with Gasteiger partial charge < -0.3 is 10.5 Å². The summed E-state index contributed by atoms with van der Waals surface area (Å²) in [6.45, 7) is 0. The Labute approximate surface area is 202 Å². The first-order valence-corrected chi connectivity index (χ1v) is 10.8. The molecule has 0 saturated carbocycles. The van der Waals surface area contributed by atoms with E-state index in [1.165, 1.54) is 0 Å². The summed E-state index contributed by atoms with van der Waals surface area (Å²) in [6, 6.07) is -1.37. The highest BCUT2D eigenvalue weighted by atomic mass is 79.9. The Kier molecular flexibility index (Phi) is 8.90. The molecule has 0 aromatic heterocycles. The largest absolute Gasteiger partial charge is 0.386 e. The van der Waals surface area contributed by atoms with E-state index in [4.69, 9.17) is 5.73 Å². The van der Waals surface area contributed by atoms with Crippen molar-refractivity contribution in [3.8, 4) is 0 Å². The molecule has 2 fully saturated rings. The molecule has 4 aliphatic rings. The van der Waals surface area contributed by atoms with Crippen LogP contribution in [0.2, 0.25) is 0 Å². The van der Waals surface area contributed by atoms with E-state index < -0.39 is 41.7 Å². The monoisotopic (exact) mass is 590 g/mol.